The normalized spacial score (nSPS) is 24.1. The van der Waals surface area contributed by atoms with Crippen LogP contribution in [0.3, 0.4) is 0 Å². The summed E-state index contributed by atoms with van der Waals surface area (Å²) in [6.45, 7) is 5.35. The third-order valence-corrected chi connectivity index (χ3v) is 6.96. The van der Waals surface area contributed by atoms with Gasteiger partial charge in [-0.15, -0.1) is 5.06 Å². The third-order valence-electron chi connectivity index (χ3n) is 6.96. The molecule has 3 aliphatic rings. The minimum Gasteiger partial charge on any atom is -0.436 e. The molecule has 1 aromatic carbocycles. The number of carbonyl (C=O) groups is 3. The average molecular weight is 458 g/mol. The smallest absolute Gasteiger partial charge is 0.436 e. The first kappa shape index (κ1) is 23.3. The zero-order valence-electron chi connectivity index (χ0n) is 19.3. The number of hydrogen-bond acceptors (Lipinski definition) is 7. The second kappa shape index (κ2) is 9.15. The molecule has 4 rings (SSSR count). The first-order valence-electron chi connectivity index (χ1n) is 11.3. The summed E-state index contributed by atoms with van der Waals surface area (Å²) < 4.78 is 4.63. The average Bonchev–Trinajstić information content (AvgIpc) is 3.55. The fourth-order valence-electron chi connectivity index (χ4n) is 5.13. The Balaban J connectivity index is 1.56. The van der Waals surface area contributed by atoms with Crippen molar-refractivity contribution in [3.8, 4) is 0 Å². The summed E-state index contributed by atoms with van der Waals surface area (Å²) in [4.78, 5) is 45.0. The number of hydrogen-bond donors (Lipinski definition) is 2. The zero-order chi connectivity index (χ0) is 23.8. The molecule has 1 aliphatic carbocycles. The number of amides is 2. The molecule has 0 radical (unpaired) electrons. The molecule has 1 saturated heterocycles. The van der Waals surface area contributed by atoms with E-state index in [0.717, 1.165) is 18.4 Å². The molecule has 2 heterocycles. The van der Waals surface area contributed by atoms with Crippen molar-refractivity contribution in [2.75, 3.05) is 26.7 Å². The van der Waals surface area contributed by atoms with E-state index in [4.69, 9.17) is 4.84 Å². The highest BCUT2D eigenvalue weighted by molar-refractivity contribution is 5.90. The van der Waals surface area contributed by atoms with E-state index in [1.165, 1.54) is 28.9 Å². The molecule has 2 N–H and O–H groups in total. The van der Waals surface area contributed by atoms with Gasteiger partial charge in [-0.05, 0) is 56.1 Å². The van der Waals surface area contributed by atoms with Crippen molar-refractivity contribution in [1.82, 2.24) is 15.4 Å². The lowest BCUT2D eigenvalue weighted by Crippen LogP contribution is -2.61. The molecule has 2 fully saturated rings. The van der Waals surface area contributed by atoms with Gasteiger partial charge in [0.1, 0.15) is 6.04 Å². The molecule has 33 heavy (non-hydrogen) atoms. The van der Waals surface area contributed by atoms with Crippen LogP contribution in [0.1, 0.15) is 42.4 Å². The molecule has 2 atom stereocenters. The third kappa shape index (κ3) is 4.89. The Morgan fingerprint density at radius 1 is 1.15 bits per heavy atom. The summed E-state index contributed by atoms with van der Waals surface area (Å²) in [7, 11) is 1.19. The lowest BCUT2D eigenvalue weighted by molar-refractivity contribution is -0.203. The predicted octanol–water partition coefficient (Wildman–Crippen LogP) is 2.59. The lowest BCUT2D eigenvalue weighted by atomic mass is 9.80. The van der Waals surface area contributed by atoms with Crippen LogP contribution in [0, 0.1) is 25.2 Å². The number of benzene rings is 1. The fraction of sp³-hybridized carbons (Fsp3) is 0.542. The van der Waals surface area contributed by atoms with Gasteiger partial charge in [0.15, 0.2) is 0 Å². The van der Waals surface area contributed by atoms with Crippen LogP contribution in [0.15, 0.2) is 24.3 Å². The topological polar surface area (TPSA) is 108 Å². The van der Waals surface area contributed by atoms with Crippen LogP contribution >= 0.6 is 0 Å². The van der Waals surface area contributed by atoms with E-state index < -0.39 is 24.0 Å². The van der Waals surface area contributed by atoms with Crippen molar-refractivity contribution >= 4 is 23.5 Å². The van der Waals surface area contributed by atoms with E-state index in [1.54, 1.807) is 10.4 Å². The summed E-state index contributed by atoms with van der Waals surface area (Å²) in [6, 6.07) is 5.37. The van der Waals surface area contributed by atoms with Crippen LogP contribution in [-0.2, 0) is 19.2 Å². The summed E-state index contributed by atoms with van der Waals surface area (Å²) in [5.41, 5.74) is 6.21. The minimum absolute atomic E-state index is 0.194. The number of rotatable bonds is 4. The molecule has 2 aliphatic heterocycles. The highest BCUT2D eigenvalue weighted by Gasteiger charge is 2.57. The quantitative estimate of drug-likeness (QED) is 0.406. The first-order valence-corrected chi connectivity index (χ1v) is 11.3. The lowest BCUT2D eigenvalue weighted by Gasteiger charge is -2.43. The van der Waals surface area contributed by atoms with Crippen LogP contribution in [-0.4, -0.2) is 65.9 Å². The standard InChI is InChI=1S/C24H31N3O6/c1-15-10-16(2)12-18(11-15)17-4-8-26(9-5-17)22(29)20-19(21(28)25-31)13-24(6-7-24)14-27(20)33-23(30)32-3/h4,10-12,19-20,31H,5-9,13-14H2,1-3H3,(H,25,28). The Labute approximate surface area is 193 Å². The summed E-state index contributed by atoms with van der Waals surface area (Å²) in [6.07, 6.45) is 3.97. The summed E-state index contributed by atoms with van der Waals surface area (Å²) >= 11 is 0. The Bertz CT molecular complexity index is 966. The van der Waals surface area contributed by atoms with Crippen LogP contribution < -0.4 is 5.48 Å². The number of carbonyl (C=O) groups excluding carboxylic acids is 3. The molecule has 0 bridgehead atoms. The zero-order valence-corrected chi connectivity index (χ0v) is 19.3. The van der Waals surface area contributed by atoms with E-state index in [1.807, 2.05) is 6.08 Å². The van der Waals surface area contributed by atoms with E-state index in [-0.39, 0.29) is 11.3 Å². The van der Waals surface area contributed by atoms with Crippen molar-refractivity contribution in [2.24, 2.45) is 11.3 Å². The maximum absolute atomic E-state index is 13.6. The molecule has 178 valence electrons. The summed E-state index contributed by atoms with van der Waals surface area (Å²) in [5.74, 6) is -1.80. The number of methoxy groups -OCH3 is 1. The Morgan fingerprint density at radius 2 is 1.85 bits per heavy atom. The van der Waals surface area contributed by atoms with Crippen molar-refractivity contribution in [1.29, 1.82) is 0 Å². The molecule has 9 heteroatoms. The minimum atomic E-state index is -1.03. The number of nitrogens with zero attached hydrogens (tertiary/aromatic N) is 2. The molecule has 1 aromatic rings. The molecule has 1 spiro atoms. The molecule has 1 saturated carbocycles. The van der Waals surface area contributed by atoms with Crippen molar-refractivity contribution in [2.45, 2.75) is 45.6 Å². The maximum Gasteiger partial charge on any atom is 0.527 e. The molecule has 0 aromatic heterocycles. The van der Waals surface area contributed by atoms with Gasteiger partial charge < -0.3 is 14.5 Å². The number of hydroxylamine groups is 3. The van der Waals surface area contributed by atoms with Crippen LogP contribution in [0.2, 0.25) is 0 Å². The number of ether oxygens (including phenoxy) is 1. The van der Waals surface area contributed by atoms with E-state index in [9.17, 15) is 19.6 Å². The van der Waals surface area contributed by atoms with Crippen molar-refractivity contribution in [3.05, 3.63) is 41.0 Å². The van der Waals surface area contributed by atoms with Gasteiger partial charge in [0.05, 0.1) is 13.0 Å². The largest absolute Gasteiger partial charge is 0.527 e. The Hall–Kier alpha value is -2.91. The Morgan fingerprint density at radius 3 is 2.39 bits per heavy atom. The van der Waals surface area contributed by atoms with Gasteiger partial charge in [-0.3, -0.25) is 14.8 Å². The van der Waals surface area contributed by atoms with E-state index >= 15 is 0 Å². The Kier molecular flexibility index (Phi) is 6.45. The second-order valence-electron chi connectivity index (χ2n) is 9.49. The number of aryl methyl sites for hydroxylation is 2. The van der Waals surface area contributed by atoms with Crippen molar-refractivity contribution < 1.29 is 29.2 Å². The van der Waals surface area contributed by atoms with Gasteiger partial charge in [-0.25, -0.2) is 10.3 Å². The number of nitrogens with one attached hydrogen (secondary N) is 1. The highest BCUT2D eigenvalue weighted by atomic mass is 16.8. The fourth-order valence-corrected chi connectivity index (χ4v) is 5.13. The predicted molar refractivity (Wildman–Crippen MR) is 119 cm³/mol. The molecular formula is C24H31N3O6. The van der Waals surface area contributed by atoms with Gasteiger partial charge in [0.25, 0.3) is 0 Å². The molecule has 9 nitrogen and oxygen atoms in total. The van der Waals surface area contributed by atoms with E-state index in [0.29, 0.717) is 32.5 Å². The molecule has 2 unspecified atom stereocenters. The number of piperidine rings is 1. The SMILES string of the molecule is COC(=O)ON1CC2(CC2)CC(C(=O)NO)C1C(=O)N1CC=C(c2cc(C)cc(C)c2)CC1. The highest BCUT2D eigenvalue weighted by Crippen LogP contribution is 2.55. The van der Waals surface area contributed by atoms with E-state index in [2.05, 4.69) is 36.8 Å². The molecular weight excluding hydrogens is 426 g/mol. The molecule has 2 amide bonds. The van der Waals surface area contributed by atoms with Crippen molar-refractivity contribution in [3.63, 3.8) is 0 Å². The summed E-state index contributed by atoms with van der Waals surface area (Å²) in [5, 5.41) is 10.6. The van der Waals surface area contributed by atoms with Crippen LogP contribution in [0.25, 0.3) is 5.57 Å². The second-order valence-corrected chi connectivity index (χ2v) is 9.49. The van der Waals surface area contributed by atoms with Crippen LogP contribution in [0.5, 0.6) is 0 Å². The first-order chi connectivity index (χ1) is 15.7. The maximum atomic E-state index is 13.6. The van der Waals surface area contributed by atoms with Gasteiger partial charge in [-0.2, -0.15) is 0 Å². The van der Waals surface area contributed by atoms with Gasteiger partial charge in [-0.1, -0.05) is 35.4 Å². The van der Waals surface area contributed by atoms with Gasteiger partial charge in [0, 0.05) is 19.6 Å². The van der Waals surface area contributed by atoms with Gasteiger partial charge in [0.2, 0.25) is 11.8 Å². The van der Waals surface area contributed by atoms with Crippen LogP contribution in [0.4, 0.5) is 4.79 Å². The van der Waals surface area contributed by atoms with Gasteiger partial charge >= 0.3 is 6.16 Å². The monoisotopic (exact) mass is 457 g/mol.